The fraction of sp³-hybridized carbons (Fsp3) is 0.872. The van der Waals surface area contributed by atoms with E-state index in [4.69, 9.17) is 19.9 Å². The first-order valence-electron chi connectivity index (χ1n) is 19.1. The summed E-state index contributed by atoms with van der Waals surface area (Å²) in [6, 6.07) is -0.788. The van der Waals surface area contributed by atoms with Crippen LogP contribution in [-0.4, -0.2) is 54.8 Å². The molecule has 0 amide bonds. The van der Waals surface area contributed by atoms with Crippen LogP contribution in [0.2, 0.25) is 0 Å². The van der Waals surface area contributed by atoms with Crippen LogP contribution in [0, 0.1) is 11.8 Å². The van der Waals surface area contributed by atoms with Gasteiger partial charge in [-0.25, -0.2) is 0 Å². The third kappa shape index (κ3) is 32.8. The van der Waals surface area contributed by atoms with E-state index in [1.165, 1.54) is 108 Å². The molecule has 0 unspecified atom stereocenters. The zero-order valence-corrected chi connectivity index (χ0v) is 31.7. The molecule has 0 spiro atoms. The third-order valence-electron chi connectivity index (χ3n) is 8.30. The third-order valence-corrected chi connectivity index (χ3v) is 9.50. The van der Waals surface area contributed by atoms with Gasteiger partial charge in [0.05, 0.1) is 0 Å². The number of unbranched alkanes of at least 4 members (excludes halogenated alkanes) is 16. The first-order valence-corrected chi connectivity index (χ1v) is 20.3. The lowest BCUT2D eigenvalue weighted by molar-refractivity contribution is -0.157. The van der Waals surface area contributed by atoms with Gasteiger partial charge in [0.2, 0.25) is 0 Å². The van der Waals surface area contributed by atoms with Gasteiger partial charge in [-0.2, -0.15) is 11.8 Å². The molecule has 0 aliphatic heterocycles. The van der Waals surface area contributed by atoms with Gasteiger partial charge in [0.25, 0.3) is 0 Å². The largest absolute Gasteiger partial charge is 0.462 e. The van der Waals surface area contributed by atoms with Crippen molar-refractivity contribution in [3.8, 4) is 0 Å². The summed E-state index contributed by atoms with van der Waals surface area (Å²) in [4.78, 5) is 37.0. The smallest absolute Gasteiger partial charge is 0.324 e. The van der Waals surface area contributed by atoms with Crippen LogP contribution in [0.15, 0.2) is 12.7 Å². The summed E-state index contributed by atoms with van der Waals surface area (Å²) in [5, 5.41) is 0. The topological polar surface area (TPSA) is 105 Å². The number of hydrogen-bond donors (Lipinski definition) is 1. The van der Waals surface area contributed by atoms with Crippen LogP contribution in [0.3, 0.4) is 0 Å². The van der Waals surface area contributed by atoms with E-state index < -0.39 is 18.1 Å². The number of esters is 3. The van der Waals surface area contributed by atoms with Gasteiger partial charge in [-0.15, -0.1) is 0 Å². The fourth-order valence-electron chi connectivity index (χ4n) is 5.38. The van der Waals surface area contributed by atoms with E-state index in [1.807, 2.05) is 0 Å². The molecule has 0 fully saturated rings. The van der Waals surface area contributed by atoms with Gasteiger partial charge in [-0.3, -0.25) is 14.4 Å². The molecule has 0 saturated heterocycles. The monoisotopic (exact) mass is 684 g/mol. The molecule has 0 aromatic carbocycles. The van der Waals surface area contributed by atoms with E-state index in [0.29, 0.717) is 24.3 Å². The molecule has 2 atom stereocenters. The highest BCUT2D eigenvalue weighted by Crippen LogP contribution is 2.16. The van der Waals surface area contributed by atoms with Crippen molar-refractivity contribution in [1.29, 1.82) is 0 Å². The standard InChI is InChI=1S/C39H73NO6S/c1-6-29-44-39(43)36(40)32-47-31-35(46-38(42)28-24-20-16-12-8-10-14-18-22-26-34(4)5)30-45-37(41)27-23-19-15-11-7-9-13-17-21-25-33(2)3/h6,33-36H,1,7-32,40H2,2-5H3/t35-,36+/m1/s1. The predicted molar refractivity (Wildman–Crippen MR) is 199 cm³/mol. The minimum Gasteiger partial charge on any atom is -0.462 e. The van der Waals surface area contributed by atoms with Crippen LogP contribution in [0.4, 0.5) is 0 Å². The van der Waals surface area contributed by atoms with E-state index >= 15 is 0 Å². The molecular formula is C39H73NO6S. The summed E-state index contributed by atoms with van der Waals surface area (Å²) in [6.07, 6.45) is 25.8. The molecule has 0 radical (unpaired) electrons. The quantitative estimate of drug-likeness (QED) is 0.0309. The van der Waals surface area contributed by atoms with Gasteiger partial charge >= 0.3 is 17.9 Å². The van der Waals surface area contributed by atoms with Crippen LogP contribution in [0.1, 0.15) is 169 Å². The summed E-state index contributed by atoms with van der Waals surface area (Å²) in [7, 11) is 0. The van der Waals surface area contributed by atoms with Gasteiger partial charge in [0.1, 0.15) is 25.4 Å². The number of carbonyl (C=O) groups excluding carboxylic acids is 3. The molecule has 0 aromatic heterocycles. The lowest BCUT2D eigenvalue weighted by Gasteiger charge is -2.19. The number of carbonyl (C=O) groups is 3. The maximum absolute atomic E-state index is 12.6. The van der Waals surface area contributed by atoms with Crippen LogP contribution in [-0.2, 0) is 28.6 Å². The first kappa shape index (κ1) is 45.5. The Labute approximate surface area is 293 Å². The predicted octanol–water partition coefficient (Wildman–Crippen LogP) is 10.1. The van der Waals surface area contributed by atoms with Crippen molar-refractivity contribution in [3.63, 3.8) is 0 Å². The van der Waals surface area contributed by atoms with Crippen LogP contribution in [0.5, 0.6) is 0 Å². The van der Waals surface area contributed by atoms with Crippen molar-refractivity contribution in [2.75, 3.05) is 24.7 Å². The Morgan fingerprint density at radius 3 is 1.49 bits per heavy atom. The molecule has 0 aliphatic rings. The molecule has 0 aromatic rings. The minimum absolute atomic E-state index is 0.0156. The molecule has 276 valence electrons. The van der Waals surface area contributed by atoms with E-state index in [2.05, 4.69) is 34.3 Å². The Balaban J connectivity index is 4.31. The highest BCUT2D eigenvalue weighted by molar-refractivity contribution is 7.99. The maximum atomic E-state index is 12.6. The highest BCUT2D eigenvalue weighted by Gasteiger charge is 2.20. The van der Waals surface area contributed by atoms with Crippen molar-refractivity contribution in [2.24, 2.45) is 17.6 Å². The molecule has 8 heteroatoms. The van der Waals surface area contributed by atoms with Gasteiger partial charge in [-0.05, 0) is 24.7 Å². The number of hydrogen-bond acceptors (Lipinski definition) is 8. The zero-order chi connectivity index (χ0) is 35.0. The summed E-state index contributed by atoms with van der Waals surface area (Å²) >= 11 is 1.39. The maximum Gasteiger partial charge on any atom is 0.324 e. The summed E-state index contributed by atoms with van der Waals surface area (Å²) < 4.78 is 16.2. The van der Waals surface area contributed by atoms with Gasteiger partial charge in [-0.1, -0.05) is 156 Å². The Morgan fingerprint density at radius 2 is 1.04 bits per heavy atom. The van der Waals surface area contributed by atoms with Crippen LogP contribution < -0.4 is 5.73 Å². The van der Waals surface area contributed by atoms with Crippen molar-refractivity contribution in [2.45, 2.75) is 181 Å². The molecular weight excluding hydrogens is 610 g/mol. The molecule has 7 nitrogen and oxygen atoms in total. The van der Waals surface area contributed by atoms with E-state index in [0.717, 1.165) is 50.4 Å². The van der Waals surface area contributed by atoms with Gasteiger partial charge in [0, 0.05) is 24.3 Å². The second-order valence-electron chi connectivity index (χ2n) is 14.1. The minimum atomic E-state index is -0.788. The average molecular weight is 684 g/mol. The van der Waals surface area contributed by atoms with Crippen molar-refractivity contribution in [3.05, 3.63) is 12.7 Å². The molecule has 0 aliphatic carbocycles. The summed E-state index contributed by atoms with van der Waals surface area (Å²) in [5.41, 5.74) is 5.94. The second kappa shape index (κ2) is 33.0. The first-order chi connectivity index (χ1) is 22.6. The van der Waals surface area contributed by atoms with E-state index in [-0.39, 0.29) is 25.2 Å². The van der Waals surface area contributed by atoms with Crippen LogP contribution >= 0.6 is 11.8 Å². The number of nitrogens with two attached hydrogens (primary N) is 1. The SMILES string of the molecule is C=CCOC(=O)[C@@H](N)CSC[C@@H](COC(=O)CCCCCCCCCCCC(C)C)OC(=O)CCCCCCCCCCCC(C)C. The van der Waals surface area contributed by atoms with Crippen molar-refractivity contribution in [1.82, 2.24) is 0 Å². The number of rotatable bonds is 34. The molecule has 2 N–H and O–H groups in total. The molecule has 0 bridgehead atoms. The fourth-order valence-corrected chi connectivity index (χ4v) is 6.33. The van der Waals surface area contributed by atoms with E-state index in [9.17, 15) is 14.4 Å². The Bertz CT molecular complexity index is 775. The average Bonchev–Trinajstić information content (AvgIpc) is 3.03. The Kier molecular flexibility index (Phi) is 31.9. The van der Waals surface area contributed by atoms with Crippen molar-refractivity contribution >= 4 is 29.7 Å². The second-order valence-corrected chi connectivity index (χ2v) is 15.2. The van der Waals surface area contributed by atoms with Gasteiger partial charge < -0.3 is 19.9 Å². The number of ether oxygens (including phenoxy) is 3. The Morgan fingerprint density at radius 1 is 0.617 bits per heavy atom. The summed E-state index contributed by atoms with van der Waals surface area (Å²) in [6.45, 7) is 12.8. The molecule has 0 heterocycles. The molecule has 0 rings (SSSR count). The van der Waals surface area contributed by atoms with E-state index in [1.54, 1.807) is 0 Å². The number of thioether (sulfide) groups is 1. The molecule has 0 saturated carbocycles. The summed E-state index contributed by atoms with van der Waals surface area (Å²) in [5.74, 6) is 1.28. The van der Waals surface area contributed by atoms with Gasteiger partial charge in [0.15, 0.2) is 0 Å². The lowest BCUT2D eigenvalue weighted by atomic mass is 10.0. The van der Waals surface area contributed by atoms with Crippen LogP contribution in [0.25, 0.3) is 0 Å². The zero-order valence-electron chi connectivity index (χ0n) is 30.9. The molecule has 47 heavy (non-hydrogen) atoms. The Hall–Kier alpha value is -1.54. The lowest BCUT2D eigenvalue weighted by Crippen LogP contribution is -2.35. The normalized spacial score (nSPS) is 12.7. The van der Waals surface area contributed by atoms with Crippen molar-refractivity contribution < 1.29 is 28.6 Å². The highest BCUT2D eigenvalue weighted by atomic mass is 32.2.